The molecule has 1 aliphatic rings. The quantitative estimate of drug-likeness (QED) is 0.387. The highest BCUT2D eigenvalue weighted by molar-refractivity contribution is 5.26. The average molecular weight is 333 g/mol. The Morgan fingerprint density at radius 2 is 1.62 bits per heavy atom. The summed E-state index contributed by atoms with van der Waals surface area (Å²) in [5.74, 6) is 1.70. The molecule has 0 radical (unpaired) electrons. The molecule has 0 bridgehead atoms. The minimum atomic E-state index is -0.669. The molecule has 0 spiro atoms. The average Bonchev–Trinajstić information content (AvgIpc) is 2.60. The lowest BCUT2D eigenvalue weighted by Crippen LogP contribution is -2.13. The summed E-state index contributed by atoms with van der Waals surface area (Å²) in [6.45, 7) is 4.50. The molecule has 1 aromatic rings. The number of halogens is 1. The van der Waals surface area contributed by atoms with E-state index in [9.17, 15) is 4.39 Å². The zero-order valence-corrected chi connectivity index (χ0v) is 15.9. The van der Waals surface area contributed by atoms with E-state index in [0.717, 1.165) is 24.7 Å². The Balaban J connectivity index is 1.74. The number of alkyl halides is 1. The van der Waals surface area contributed by atoms with E-state index in [1.807, 2.05) is 0 Å². The third-order valence-corrected chi connectivity index (χ3v) is 5.82. The van der Waals surface area contributed by atoms with Crippen LogP contribution in [0.15, 0.2) is 24.3 Å². The summed E-state index contributed by atoms with van der Waals surface area (Å²) >= 11 is 0. The molecule has 1 heteroatoms. The molecule has 1 unspecified atom stereocenters. The van der Waals surface area contributed by atoms with Crippen molar-refractivity contribution in [1.29, 1.82) is 0 Å². The second kappa shape index (κ2) is 10.9. The topological polar surface area (TPSA) is 0 Å². The van der Waals surface area contributed by atoms with E-state index < -0.39 is 6.17 Å². The van der Waals surface area contributed by atoms with Crippen molar-refractivity contribution in [3.8, 4) is 0 Å². The lowest BCUT2D eigenvalue weighted by atomic mass is 9.77. The fraction of sp³-hybridized carbons (Fsp3) is 0.739. The van der Waals surface area contributed by atoms with Gasteiger partial charge in [0.15, 0.2) is 0 Å². The molecule has 1 aromatic carbocycles. The molecule has 1 saturated carbocycles. The van der Waals surface area contributed by atoms with Crippen molar-refractivity contribution in [2.45, 2.75) is 103 Å². The number of benzene rings is 1. The molecule has 2 rings (SSSR count). The first-order chi connectivity index (χ1) is 11.7. The van der Waals surface area contributed by atoms with E-state index in [2.05, 4.69) is 38.1 Å². The van der Waals surface area contributed by atoms with Crippen LogP contribution in [0.4, 0.5) is 4.39 Å². The van der Waals surface area contributed by atoms with Crippen molar-refractivity contribution in [1.82, 2.24) is 0 Å². The first-order valence-corrected chi connectivity index (χ1v) is 10.5. The van der Waals surface area contributed by atoms with Crippen molar-refractivity contribution in [2.24, 2.45) is 5.92 Å². The Morgan fingerprint density at radius 1 is 0.917 bits per heavy atom. The van der Waals surface area contributed by atoms with E-state index >= 15 is 0 Å². The van der Waals surface area contributed by atoms with Crippen LogP contribution in [-0.4, -0.2) is 6.17 Å². The first-order valence-electron chi connectivity index (χ1n) is 10.5. The summed E-state index contributed by atoms with van der Waals surface area (Å²) in [5.41, 5.74) is 2.65. The van der Waals surface area contributed by atoms with Gasteiger partial charge in [-0.2, -0.15) is 0 Å². The third-order valence-electron chi connectivity index (χ3n) is 5.82. The summed E-state index contributed by atoms with van der Waals surface area (Å²) < 4.78 is 14.1. The summed E-state index contributed by atoms with van der Waals surface area (Å²) in [7, 11) is 0. The maximum atomic E-state index is 14.1. The molecule has 1 atom stereocenters. The predicted molar refractivity (Wildman–Crippen MR) is 103 cm³/mol. The fourth-order valence-corrected chi connectivity index (χ4v) is 4.27. The Kier molecular flexibility index (Phi) is 8.84. The third kappa shape index (κ3) is 6.57. The molecule has 0 N–H and O–H groups in total. The lowest BCUT2D eigenvalue weighted by molar-refractivity contribution is 0.302. The molecule has 1 fully saturated rings. The van der Waals surface area contributed by atoms with Crippen molar-refractivity contribution in [3.63, 3.8) is 0 Å². The number of unbranched alkanes of at least 4 members (excludes halogenated alkanes) is 3. The molecule has 136 valence electrons. The monoisotopic (exact) mass is 332 g/mol. The molecule has 0 heterocycles. The number of hydrogen-bond acceptors (Lipinski definition) is 0. The molecule has 1 aliphatic carbocycles. The number of rotatable bonds is 10. The second-order valence-electron chi connectivity index (χ2n) is 7.90. The van der Waals surface area contributed by atoms with E-state index in [1.54, 1.807) is 0 Å². The Hall–Kier alpha value is -0.850. The van der Waals surface area contributed by atoms with Gasteiger partial charge in [-0.1, -0.05) is 76.6 Å². The molecule has 0 nitrogen and oxygen atoms in total. The van der Waals surface area contributed by atoms with Crippen molar-refractivity contribution in [2.75, 3.05) is 0 Å². The van der Waals surface area contributed by atoms with Crippen LogP contribution in [-0.2, 0) is 6.42 Å². The normalized spacial score (nSPS) is 22.5. The van der Waals surface area contributed by atoms with E-state index in [0.29, 0.717) is 6.42 Å². The Morgan fingerprint density at radius 3 is 2.25 bits per heavy atom. The zero-order chi connectivity index (χ0) is 17.2. The molecule has 0 saturated heterocycles. The maximum Gasteiger partial charge on any atom is 0.104 e. The van der Waals surface area contributed by atoms with Crippen LogP contribution < -0.4 is 0 Å². The van der Waals surface area contributed by atoms with Gasteiger partial charge in [0.05, 0.1) is 0 Å². The maximum absolute atomic E-state index is 14.1. The summed E-state index contributed by atoms with van der Waals surface area (Å²) in [6, 6.07) is 8.88. The van der Waals surface area contributed by atoms with Gasteiger partial charge in [0.1, 0.15) is 6.17 Å². The van der Waals surface area contributed by atoms with Crippen LogP contribution in [0.3, 0.4) is 0 Å². The summed E-state index contributed by atoms with van der Waals surface area (Å²) in [5, 5.41) is 0. The van der Waals surface area contributed by atoms with Crippen LogP contribution in [0, 0.1) is 5.92 Å². The van der Waals surface area contributed by atoms with Gasteiger partial charge in [-0.15, -0.1) is 0 Å². The molecular formula is C23H37F. The van der Waals surface area contributed by atoms with E-state index in [4.69, 9.17) is 0 Å². The Bertz CT molecular complexity index is 428. The van der Waals surface area contributed by atoms with Gasteiger partial charge in [0.25, 0.3) is 0 Å². The van der Waals surface area contributed by atoms with Crippen LogP contribution in [0.25, 0.3) is 0 Å². The SMILES string of the molecule is CCCCCCC(F)Cc1ccc(C2CCC(CCC)CC2)cc1. The minimum absolute atomic E-state index is 0.593. The smallest absolute Gasteiger partial charge is 0.104 e. The van der Waals surface area contributed by atoms with Gasteiger partial charge in [-0.05, 0) is 55.1 Å². The highest BCUT2D eigenvalue weighted by atomic mass is 19.1. The highest BCUT2D eigenvalue weighted by Crippen LogP contribution is 2.37. The van der Waals surface area contributed by atoms with Crippen molar-refractivity contribution in [3.05, 3.63) is 35.4 Å². The molecule has 0 aromatic heterocycles. The van der Waals surface area contributed by atoms with Crippen LogP contribution >= 0.6 is 0 Å². The summed E-state index contributed by atoms with van der Waals surface area (Å²) in [4.78, 5) is 0. The predicted octanol–water partition coefficient (Wildman–Crippen LogP) is 7.61. The van der Waals surface area contributed by atoms with Crippen molar-refractivity contribution >= 4 is 0 Å². The van der Waals surface area contributed by atoms with Crippen LogP contribution in [0.2, 0.25) is 0 Å². The number of hydrogen-bond donors (Lipinski definition) is 0. The lowest BCUT2D eigenvalue weighted by Gasteiger charge is -2.28. The fourth-order valence-electron chi connectivity index (χ4n) is 4.27. The standard InChI is InChI=1S/C23H37F/c1-3-5-6-7-9-23(24)18-20-12-16-22(17-13-20)21-14-10-19(8-4-2)11-15-21/h12-13,16-17,19,21,23H,3-11,14-15,18H2,1-2H3. The van der Waals surface area contributed by atoms with Gasteiger partial charge >= 0.3 is 0 Å². The zero-order valence-electron chi connectivity index (χ0n) is 15.9. The van der Waals surface area contributed by atoms with Gasteiger partial charge < -0.3 is 0 Å². The van der Waals surface area contributed by atoms with Gasteiger partial charge in [-0.3, -0.25) is 0 Å². The summed E-state index contributed by atoms with van der Waals surface area (Å²) in [6.07, 6.45) is 13.5. The Labute approximate surface area is 149 Å². The van der Waals surface area contributed by atoms with Crippen LogP contribution in [0.1, 0.15) is 102 Å². The molecule has 24 heavy (non-hydrogen) atoms. The van der Waals surface area contributed by atoms with Gasteiger partial charge in [0, 0.05) is 6.42 Å². The van der Waals surface area contributed by atoms with Crippen molar-refractivity contribution < 1.29 is 4.39 Å². The minimum Gasteiger partial charge on any atom is -0.247 e. The molecule has 0 amide bonds. The first kappa shape index (κ1) is 19.5. The second-order valence-corrected chi connectivity index (χ2v) is 7.90. The van der Waals surface area contributed by atoms with Gasteiger partial charge in [-0.25, -0.2) is 4.39 Å². The molecular weight excluding hydrogens is 295 g/mol. The van der Waals surface area contributed by atoms with E-state index in [-0.39, 0.29) is 0 Å². The highest BCUT2D eigenvalue weighted by Gasteiger charge is 2.21. The van der Waals surface area contributed by atoms with Crippen LogP contribution in [0.5, 0.6) is 0 Å². The molecule has 0 aliphatic heterocycles. The van der Waals surface area contributed by atoms with E-state index in [1.165, 1.54) is 68.9 Å². The largest absolute Gasteiger partial charge is 0.247 e. The van der Waals surface area contributed by atoms with Gasteiger partial charge in [0.2, 0.25) is 0 Å².